The number of ether oxygens (including phenoxy) is 3. The monoisotopic (exact) mass is 443 g/mol. The van der Waals surface area contributed by atoms with E-state index in [0.717, 1.165) is 10.0 Å². The molecule has 2 aromatic carbocycles. The van der Waals surface area contributed by atoms with Crippen molar-refractivity contribution in [3.63, 3.8) is 0 Å². The number of esters is 1. The maximum Gasteiger partial charge on any atom is 0.336 e. The Kier molecular flexibility index (Phi) is 4.85. The van der Waals surface area contributed by atoms with Crippen LogP contribution in [0.3, 0.4) is 0 Å². The second-order valence-electron chi connectivity index (χ2n) is 6.51. The molecule has 0 bridgehead atoms. The summed E-state index contributed by atoms with van der Waals surface area (Å²) in [6.07, 6.45) is 0.142. The zero-order valence-electron chi connectivity index (χ0n) is 15.4. The van der Waals surface area contributed by atoms with Crippen LogP contribution in [0.2, 0.25) is 0 Å². The maximum atomic E-state index is 13.1. The topological polar surface area (TPSA) is 65.1 Å². The Morgan fingerprint density at radius 2 is 1.93 bits per heavy atom. The highest BCUT2D eigenvalue weighted by Gasteiger charge is 2.43. The molecule has 6 nitrogen and oxygen atoms in total. The first-order chi connectivity index (χ1) is 13.5. The molecule has 1 unspecified atom stereocenters. The van der Waals surface area contributed by atoms with Crippen LogP contribution in [0.15, 0.2) is 58.2 Å². The predicted molar refractivity (Wildman–Crippen MR) is 107 cm³/mol. The largest absolute Gasteiger partial charge is 0.497 e. The smallest absolute Gasteiger partial charge is 0.336 e. The number of benzene rings is 2. The molecule has 0 aromatic heterocycles. The van der Waals surface area contributed by atoms with E-state index in [9.17, 15) is 9.59 Å². The third-order valence-electron chi connectivity index (χ3n) is 5.00. The van der Waals surface area contributed by atoms with E-state index in [1.165, 1.54) is 0 Å². The number of nitrogens with zero attached hydrogens (tertiary/aromatic N) is 1. The van der Waals surface area contributed by atoms with Gasteiger partial charge in [-0.15, -0.1) is 0 Å². The summed E-state index contributed by atoms with van der Waals surface area (Å²) in [5.41, 5.74) is 2.55. The SMILES string of the molecule is COc1ccc(C2CC(=O)N(c3cccc(Br)c3)C3=C2C(=O)OC3)c(OC)c1. The summed E-state index contributed by atoms with van der Waals surface area (Å²) < 4.78 is 16.9. The fourth-order valence-electron chi connectivity index (χ4n) is 3.74. The summed E-state index contributed by atoms with van der Waals surface area (Å²) in [5.74, 6) is 0.284. The summed E-state index contributed by atoms with van der Waals surface area (Å²) >= 11 is 3.43. The molecule has 2 aromatic rings. The van der Waals surface area contributed by atoms with Gasteiger partial charge < -0.3 is 14.2 Å². The number of anilines is 1. The Morgan fingerprint density at radius 1 is 1.11 bits per heavy atom. The molecule has 2 heterocycles. The summed E-state index contributed by atoms with van der Waals surface area (Å²) in [6.45, 7) is 0.0708. The van der Waals surface area contributed by atoms with Crippen molar-refractivity contribution in [1.82, 2.24) is 0 Å². The summed E-state index contributed by atoms with van der Waals surface area (Å²) in [7, 11) is 3.13. The van der Waals surface area contributed by atoms with E-state index in [2.05, 4.69) is 15.9 Å². The lowest BCUT2D eigenvalue weighted by molar-refractivity contribution is -0.136. The third kappa shape index (κ3) is 3.05. The predicted octanol–water partition coefficient (Wildman–Crippen LogP) is 3.80. The van der Waals surface area contributed by atoms with Crippen LogP contribution in [0.4, 0.5) is 5.69 Å². The Bertz CT molecular complexity index is 1000. The van der Waals surface area contributed by atoms with Crippen molar-refractivity contribution >= 4 is 33.5 Å². The molecular formula is C21H18BrNO5. The number of methoxy groups -OCH3 is 2. The molecular weight excluding hydrogens is 426 g/mol. The first kappa shape index (κ1) is 18.6. The second kappa shape index (κ2) is 7.31. The molecule has 0 spiro atoms. The molecule has 0 saturated carbocycles. The maximum absolute atomic E-state index is 13.1. The van der Waals surface area contributed by atoms with Crippen molar-refractivity contribution < 1.29 is 23.8 Å². The molecule has 0 fully saturated rings. The normalized spacial score (nSPS) is 18.8. The molecule has 0 aliphatic carbocycles. The van der Waals surface area contributed by atoms with Gasteiger partial charge in [0.25, 0.3) is 0 Å². The van der Waals surface area contributed by atoms with Crippen molar-refractivity contribution in [1.29, 1.82) is 0 Å². The van der Waals surface area contributed by atoms with Gasteiger partial charge in [-0.3, -0.25) is 9.69 Å². The van der Waals surface area contributed by atoms with Crippen LogP contribution in [0, 0.1) is 0 Å². The van der Waals surface area contributed by atoms with E-state index in [4.69, 9.17) is 14.2 Å². The van der Waals surface area contributed by atoms with Gasteiger partial charge >= 0.3 is 5.97 Å². The van der Waals surface area contributed by atoms with E-state index in [0.29, 0.717) is 28.5 Å². The van der Waals surface area contributed by atoms with Crippen molar-refractivity contribution in [2.24, 2.45) is 0 Å². The number of cyclic esters (lactones) is 1. The van der Waals surface area contributed by atoms with E-state index < -0.39 is 11.9 Å². The number of carbonyl (C=O) groups is 2. The first-order valence-electron chi connectivity index (χ1n) is 8.74. The molecule has 7 heteroatoms. The summed E-state index contributed by atoms with van der Waals surface area (Å²) in [6, 6.07) is 12.8. The van der Waals surface area contributed by atoms with Crippen molar-refractivity contribution in [2.45, 2.75) is 12.3 Å². The third-order valence-corrected chi connectivity index (χ3v) is 5.49. The Balaban J connectivity index is 1.84. The highest BCUT2D eigenvalue weighted by atomic mass is 79.9. The van der Waals surface area contributed by atoms with Gasteiger partial charge in [0.1, 0.15) is 18.1 Å². The minimum atomic E-state index is -0.429. The summed E-state index contributed by atoms with van der Waals surface area (Å²) in [5, 5.41) is 0. The van der Waals surface area contributed by atoms with E-state index in [1.54, 1.807) is 31.3 Å². The van der Waals surface area contributed by atoms with E-state index >= 15 is 0 Å². The number of amides is 1. The van der Waals surface area contributed by atoms with Crippen molar-refractivity contribution in [3.05, 3.63) is 63.8 Å². The molecule has 0 saturated heterocycles. The summed E-state index contributed by atoms with van der Waals surface area (Å²) in [4.78, 5) is 27.3. The first-order valence-corrected chi connectivity index (χ1v) is 9.53. The van der Waals surface area contributed by atoms with Crippen LogP contribution in [-0.2, 0) is 14.3 Å². The average Bonchev–Trinajstić information content (AvgIpc) is 3.08. The van der Waals surface area contributed by atoms with Crippen LogP contribution in [0.25, 0.3) is 0 Å². The van der Waals surface area contributed by atoms with Crippen LogP contribution in [0.1, 0.15) is 17.9 Å². The molecule has 2 aliphatic heterocycles. The molecule has 0 radical (unpaired) electrons. The van der Waals surface area contributed by atoms with Gasteiger partial charge in [-0.05, 0) is 24.3 Å². The minimum absolute atomic E-state index is 0.0708. The van der Waals surface area contributed by atoms with E-state index in [-0.39, 0.29) is 18.9 Å². The minimum Gasteiger partial charge on any atom is -0.497 e. The lowest BCUT2D eigenvalue weighted by Crippen LogP contribution is -2.37. The van der Waals surface area contributed by atoms with Crippen LogP contribution in [0.5, 0.6) is 11.5 Å². The molecule has 1 amide bonds. The van der Waals surface area contributed by atoms with Gasteiger partial charge in [-0.1, -0.05) is 28.1 Å². The van der Waals surface area contributed by atoms with Gasteiger partial charge in [-0.25, -0.2) is 4.79 Å². The van der Waals surface area contributed by atoms with Gasteiger partial charge in [-0.2, -0.15) is 0 Å². The number of halogens is 1. The lowest BCUT2D eigenvalue weighted by Gasteiger charge is -2.32. The van der Waals surface area contributed by atoms with Gasteiger partial charge in [0, 0.05) is 34.1 Å². The Morgan fingerprint density at radius 3 is 2.64 bits per heavy atom. The molecule has 0 N–H and O–H groups in total. The molecule has 4 rings (SSSR count). The zero-order chi connectivity index (χ0) is 19.8. The average molecular weight is 444 g/mol. The van der Waals surface area contributed by atoms with Crippen molar-refractivity contribution in [3.8, 4) is 11.5 Å². The molecule has 144 valence electrons. The van der Waals surface area contributed by atoms with Crippen LogP contribution < -0.4 is 14.4 Å². The number of rotatable bonds is 4. The molecule has 28 heavy (non-hydrogen) atoms. The fourth-order valence-corrected chi connectivity index (χ4v) is 4.13. The number of hydrogen-bond acceptors (Lipinski definition) is 5. The number of carbonyl (C=O) groups excluding carboxylic acids is 2. The van der Waals surface area contributed by atoms with E-state index in [1.807, 2.05) is 30.3 Å². The second-order valence-corrected chi connectivity index (χ2v) is 7.43. The molecule has 2 aliphatic rings. The fraction of sp³-hybridized carbons (Fsp3) is 0.238. The lowest BCUT2D eigenvalue weighted by atomic mass is 9.83. The quantitative estimate of drug-likeness (QED) is 0.672. The van der Waals surface area contributed by atoms with Gasteiger partial charge in [0.2, 0.25) is 5.91 Å². The standard InChI is InChI=1S/C21H18BrNO5/c1-26-14-6-7-15(18(9-14)27-2)16-10-19(24)23(13-5-3-4-12(22)8-13)17-11-28-21(25)20(16)17/h3-9,16H,10-11H2,1-2H3. The van der Waals surface area contributed by atoms with Crippen molar-refractivity contribution in [2.75, 3.05) is 25.7 Å². The van der Waals surface area contributed by atoms with Gasteiger partial charge in [0.05, 0.1) is 25.5 Å². The number of hydrogen-bond donors (Lipinski definition) is 0. The van der Waals surface area contributed by atoms with Crippen LogP contribution in [-0.4, -0.2) is 32.7 Å². The molecule has 1 atom stereocenters. The highest BCUT2D eigenvalue weighted by Crippen LogP contribution is 2.45. The van der Waals surface area contributed by atoms with Crippen LogP contribution >= 0.6 is 15.9 Å². The Hall–Kier alpha value is -2.80. The zero-order valence-corrected chi connectivity index (χ0v) is 17.0. The van der Waals surface area contributed by atoms with Gasteiger partial charge in [0.15, 0.2) is 0 Å². The highest BCUT2D eigenvalue weighted by molar-refractivity contribution is 9.10. The Labute approximate surface area is 170 Å².